The largest absolute Gasteiger partial charge is 0.478 e. The van der Waals surface area contributed by atoms with E-state index in [1.807, 2.05) is 0 Å². The Morgan fingerprint density at radius 3 is 2.78 bits per heavy atom. The van der Waals surface area contributed by atoms with E-state index in [1.54, 1.807) is 0 Å². The van der Waals surface area contributed by atoms with E-state index in [0.717, 1.165) is 18.9 Å². The molecule has 0 amide bonds. The third-order valence-electron chi connectivity index (χ3n) is 2.83. The molecule has 0 aromatic heterocycles. The minimum Gasteiger partial charge on any atom is -0.478 e. The van der Waals surface area contributed by atoms with Crippen LogP contribution in [0.2, 0.25) is 0 Å². The van der Waals surface area contributed by atoms with Gasteiger partial charge in [0, 0.05) is 12.6 Å². The Morgan fingerprint density at radius 2 is 2.17 bits per heavy atom. The van der Waals surface area contributed by atoms with E-state index >= 15 is 0 Å². The van der Waals surface area contributed by atoms with Crippen molar-refractivity contribution in [2.45, 2.75) is 18.9 Å². The van der Waals surface area contributed by atoms with Gasteiger partial charge in [-0.1, -0.05) is 0 Å². The zero-order valence-electron chi connectivity index (χ0n) is 9.58. The Labute approximate surface area is 103 Å². The van der Waals surface area contributed by atoms with E-state index in [-0.39, 0.29) is 11.7 Å². The van der Waals surface area contributed by atoms with Gasteiger partial charge in [-0.2, -0.15) is 0 Å². The van der Waals surface area contributed by atoms with Crippen LogP contribution in [-0.2, 0) is 4.74 Å². The Morgan fingerprint density at radius 1 is 1.39 bits per heavy atom. The van der Waals surface area contributed by atoms with Crippen LogP contribution in [0.1, 0.15) is 23.2 Å². The van der Waals surface area contributed by atoms with Gasteiger partial charge in [0.1, 0.15) is 0 Å². The summed E-state index contributed by atoms with van der Waals surface area (Å²) in [5.74, 6) is -4.00. The number of carboxylic acids is 1. The maximum absolute atomic E-state index is 13.6. The lowest BCUT2D eigenvalue weighted by molar-refractivity contribution is 0.0690. The average Bonchev–Trinajstić information content (AvgIpc) is 2.36. The van der Waals surface area contributed by atoms with Gasteiger partial charge in [-0.3, -0.25) is 0 Å². The van der Waals surface area contributed by atoms with Crippen molar-refractivity contribution in [3.63, 3.8) is 0 Å². The van der Waals surface area contributed by atoms with Crippen LogP contribution in [0.5, 0.6) is 0 Å². The van der Waals surface area contributed by atoms with Crippen LogP contribution in [0, 0.1) is 11.6 Å². The molecule has 1 unspecified atom stereocenters. The minimum absolute atomic E-state index is 0.0343. The molecule has 2 rings (SSSR count). The summed E-state index contributed by atoms with van der Waals surface area (Å²) < 4.78 is 32.3. The van der Waals surface area contributed by atoms with Crippen molar-refractivity contribution in [2.75, 3.05) is 18.5 Å². The highest BCUT2D eigenvalue weighted by Crippen LogP contribution is 2.22. The summed E-state index contributed by atoms with van der Waals surface area (Å²) in [6, 6.07) is 2.20. The first-order valence-corrected chi connectivity index (χ1v) is 5.65. The van der Waals surface area contributed by atoms with Crippen molar-refractivity contribution in [1.29, 1.82) is 0 Å². The predicted octanol–water partition coefficient (Wildman–Crippen LogP) is 2.25. The predicted molar refractivity (Wildman–Crippen MR) is 60.8 cm³/mol. The van der Waals surface area contributed by atoms with Crippen LogP contribution in [-0.4, -0.2) is 30.3 Å². The molecule has 0 saturated carbocycles. The first-order chi connectivity index (χ1) is 8.59. The SMILES string of the molecule is O=C(O)c1ccc(NC2CCCOC2)c(F)c1F. The third-order valence-corrected chi connectivity index (χ3v) is 2.83. The molecule has 1 aromatic carbocycles. The summed E-state index contributed by atoms with van der Waals surface area (Å²) in [6.07, 6.45) is 1.66. The summed E-state index contributed by atoms with van der Waals surface area (Å²) in [5, 5.41) is 11.5. The molecule has 0 spiro atoms. The van der Waals surface area contributed by atoms with E-state index in [1.165, 1.54) is 6.07 Å². The summed E-state index contributed by atoms with van der Waals surface area (Å²) in [6.45, 7) is 1.11. The molecule has 1 fully saturated rings. The van der Waals surface area contributed by atoms with Crippen molar-refractivity contribution >= 4 is 11.7 Å². The van der Waals surface area contributed by atoms with Gasteiger partial charge in [-0.05, 0) is 25.0 Å². The zero-order valence-corrected chi connectivity index (χ0v) is 9.58. The zero-order chi connectivity index (χ0) is 13.1. The lowest BCUT2D eigenvalue weighted by Crippen LogP contribution is -2.30. The number of benzene rings is 1. The maximum atomic E-state index is 13.6. The molecule has 1 aliphatic rings. The fourth-order valence-electron chi connectivity index (χ4n) is 1.90. The van der Waals surface area contributed by atoms with E-state index in [4.69, 9.17) is 9.84 Å². The molecule has 0 bridgehead atoms. The number of hydrogen-bond donors (Lipinski definition) is 2. The molecule has 0 aliphatic carbocycles. The second-order valence-corrected chi connectivity index (χ2v) is 4.15. The van der Waals surface area contributed by atoms with Crippen LogP contribution < -0.4 is 5.32 Å². The second-order valence-electron chi connectivity index (χ2n) is 4.15. The first-order valence-electron chi connectivity index (χ1n) is 5.65. The number of carbonyl (C=O) groups is 1. The molecule has 0 radical (unpaired) electrons. The number of nitrogens with one attached hydrogen (secondary N) is 1. The second kappa shape index (κ2) is 5.30. The normalized spacial score (nSPS) is 19.6. The number of carboxylic acid groups (broad SMARTS) is 1. The average molecular weight is 257 g/mol. The van der Waals surface area contributed by atoms with Crippen molar-refractivity contribution in [3.05, 3.63) is 29.3 Å². The summed E-state index contributed by atoms with van der Waals surface area (Å²) in [4.78, 5) is 10.6. The lowest BCUT2D eigenvalue weighted by atomic mass is 10.1. The fraction of sp³-hybridized carbons (Fsp3) is 0.417. The highest BCUT2D eigenvalue weighted by atomic mass is 19.2. The van der Waals surface area contributed by atoms with Crippen molar-refractivity contribution in [3.8, 4) is 0 Å². The van der Waals surface area contributed by atoms with Crippen LogP contribution >= 0.6 is 0 Å². The molecule has 1 saturated heterocycles. The van der Waals surface area contributed by atoms with Gasteiger partial charge < -0.3 is 15.2 Å². The highest BCUT2D eigenvalue weighted by molar-refractivity contribution is 5.88. The molecular formula is C12H13F2NO3. The molecule has 4 nitrogen and oxygen atoms in total. The van der Waals surface area contributed by atoms with Gasteiger partial charge in [0.05, 0.1) is 17.9 Å². The molecule has 1 aromatic rings. The van der Waals surface area contributed by atoms with E-state index in [2.05, 4.69) is 5.32 Å². The summed E-state index contributed by atoms with van der Waals surface area (Å²) in [5.41, 5.74) is -0.703. The van der Waals surface area contributed by atoms with Gasteiger partial charge in [0.25, 0.3) is 0 Å². The molecule has 2 N–H and O–H groups in total. The summed E-state index contributed by atoms with van der Waals surface area (Å²) in [7, 11) is 0. The van der Waals surface area contributed by atoms with E-state index in [0.29, 0.717) is 13.2 Å². The number of ether oxygens (including phenoxy) is 1. The molecule has 18 heavy (non-hydrogen) atoms. The Balaban J connectivity index is 2.18. The van der Waals surface area contributed by atoms with Gasteiger partial charge in [0.2, 0.25) is 0 Å². The monoisotopic (exact) mass is 257 g/mol. The Kier molecular flexibility index (Phi) is 3.76. The van der Waals surface area contributed by atoms with E-state index < -0.39 is 23.2 Å². The van der Waals surface area contributed by atoms with Gasteiger partial charge >= 0.3 is 5.97 Å². The molecule has 98 valence electrons. The molecule has 1 atom stereocenters. The molecule has 6 heteroatoms. The van der Waals surface area contributed by atoms with Crippen LogP contribution in [0.4, 0.5) is 14.5 Å². The third kappa shape index (κ3) is 2.59. The van der Waals surface area contributed by atoms with Crippen LogP contribution in [0.15, 0.2) is 12.1 Å². The number of aromatic carboxylic acids is 1. The maximum Gasteiger partial charge on any atom is 0.338 e. The number of anilines is 1. The number of hydrogen-bond acceptors (Lipinski definition) is 3. The number of halogens is 2. The minimum atomic E-state index is -1.49. The highest BCUT2D eigenvalue weighted by Gasteiger charge is 2.20. The quantitative estimate of drug-likeness (QED) is 0.872. The standard InChI is InChI=1S/C12H13F2NO3/c13-10-8(12(16)17)3-4-9(11(10)14)15-7-2-1-5-18-6-7/h3-4,7,15H,1-2,5-6H2,(H,16,17). The molecule has 1 aliphatic heterocycles. The Bertz CT molecular complexity index is 459. The van der Waals surface area contributed by atoms with Gasteiger partial charge in [-0.15, -0.1) is 0 Å². The van der Waals surface area contributed by atoms with Crippen molar-refractivity contribution in [2.24, 2.45) is 0 Å². The molecular weight excluding hydrogens is 244 g/mol. The summed E-state index contributed by atoms with van der Waals surface area (Å²) >= 11 is 0. The van der Waals surface area contributed by atoms with E-state index in [9.17, 15) is 13.6 Å². The van der Waals surface area contributed by atoms with Gasteiger partial charge in [0.15, 0.2) is 11.6 Å². The van der Waals surface area contributed by atoms with Gasteiger partial charge in [-0.25, -0.2) is 13.6 Å². The number of rotatable bonds is 3. The molecule has 1 heterocycles. The van der Waals surface area contributed by atoms with Crippen LogP contribution in [0.3, 0.4) is 0 Å². The Hall–Kier alpha value is -1.69. The van der Waals surface area contributed by atoms with Crippen molar-refractivity contribution < 1.29 is 23.4 Å². The van der Waals surface area contributed by atoms with Crippen molar-refractivity contribution in [1.82, 2.24) is 0 Å². The topological polar surface area (TPSA) is 58.6 Å². The first kappa shape index (κ1) is 12.8. The lowest BCUT2D eigenvalue weighted by Gasteiger charge is -2.24. The van der Waals surface area contributed by atoms with Crippen LogP contribution in [0.25, 0.3) is 0 Å². The fourth-order valence-corrected chi connectivity index (χ4v) is 1.90. The smallest absolute Gasteiger partial charge is 0.338 e.